The summed E-state index contributed by atoms with van der Waals surface area (Å²) >= 11 is 1.93. The molecule has 0 saturated carbocycles. The molecule has 1 heterocycles. The van der Waals surface area contributed by atoms with Crippen molar-refractivity contribution in [3.63, 3.8) is 0 Å². The molecule has 0 aliphatic carbocycles. The van der Waals surface area contributed by atoms with Crippen molar-refractivity contribution in [2.75, 3.05) is 5.75 Å². The van der Waals surface area contributed by atoms with Gasteiger partial charge in [-0.1, -0.05) is 57.0 Å². The van der Waals surface area contributed by atoms with Gasteiger partial charge >= 0.3 is 0 Å². The zero-order valence-electron chi connectivity index (χ0n) is 15.4. The van der Waals surface area contributed by atoms with Crippen LogP contribution in [0.25, 0.3) is 0 Å². The lowest BCUT2D eigenvalue weighted by Gasteiger charge is -2.36. The minimum absolute atomic E-state index is 0.0545. The quantitative estimate of drug-likeness (QED) is 0.522. The summed E-state index contributed by atoms with van der Waals surface area (Å²) in [6.07, 6.45) is 4.59. The summed E-state index contributed by atoms with van der Waals surface area (Å²) in [5.74, 6) is 1.05. The number of nitro groups is 1. The number of nitro benzene ring substituents is 1. The molecule has 2 aromatic carbocycles. The van der Waals surface area contributed by atoms with Crippen LogP contribution in [0.15, 0.2) is 53.4 Å². The number of unbranched alkanes of at least 4 members (excludes halogenated alkanes) is 1. The molecule has 3 rings (SSSR count). The molecular weight excluding hydrogens is 344 g/mol. The van der Waals surface area contributed by atoms with Crippen LogP contribution >= 0.6 is 11.8 Å². The van der Waals surface area contributed by atoms with Crippen molar-refractivity contribution >= 4 is 17.4 Å². The van der Waals surface area contributed by atoms with Crippen LogP contribution in [0.5, 0.6) is 0 Å². The Labute approximate surface area is 159 Å². The molecule has 0 fully saturated rings. The number of nitrogens with one attached hydrogen (secondary N) is 1. The SMILES string of the molecule is CCCCC1(CC)CSc2ccccc2C(c2ccc([N+](=O)[O-])cc2)N1. The number of benzene rings is 2. The molecule has 2 atom stereocenters. The highest BCUT2D eigenvalue weighted by atomic mass is 32.2. The van der Waals surface area contributed by atoms with Gasteiger partial charge in [-0.2, -0.15) is 0 Å². The number of fused-ring (bicyclic) bond motifs is 1. The zero-order valence-corrected chi connectivity index (χ0v) is 16.2. The van der Waals surface area contributed by atoms with Crippen molar-refractivity contribution in [2.45, 2.75) is 56.0 Å². The average molecular weight is 371 g/mol. The van der Waals surface area contributed by atoms with Gasteiger partial charge in [0.1, 0.15) is 0 Å². The minimum atomic E-state index is -0.342. The molecule has 2 aromatic rings. The van der Waals surface area contributed by atoms with Crippen molar-refractivity contribution in [1.82, 2.24) is 5.32 Å². The monoisotopic (exact) mass is 370 g/mol. The molecule has 138 valence electrons. The molecule has 0 radical (unpaired) electrons. The van der Waals surface area contributed by atoms with E-state index in [1.54, 1.807) is 12.1 Å². The molecule has 5 heteroatoms. The van der Waals surface area contributed by atoms with E-state index in [1.807, 2.05) is 23.9 Å². The summed E-state index contributed by atoms with van der Waals surface area (Å²) in [5.41, 5.74) is 2.56. The molecule has 2 unspecified atom stereocenters. The Hall–Kier alpha value is -1.85. The summed E-state index contributed by atoms with van der Waals surface area (Å²) in [6.45, 7) is 4.49. The minimum Gasteiger partial charge on any atom is -0.300 e. The second-order valence-corrected chi connectivity index (χ2v) is 8.01. The number of rotatable bonds is 6. The highest BCUT2D eigenvalue weighted by molar-refractivity contribution is 7.99. The Morgan fingerprint density at radius 1 is 1.19 bits per heavy atom. The van der Waals surface area contributed by atoms with Gasteiger partial charge in [-0.15, -0.1) is 11.8 Å². The summed E-state index contributed by atoms with van der Waals surface area (Å²) in [7, 11) is 0. The van der Waals surface area contributed by atoms with Crippen LogP contribution in [0.3, 0.4) is 0 Å². The lowest BCUT2D eigenvalue weighted by molar-refractivity contribution is -0.384. The van der Waals surface area contributed by atoms with Gasteiger partial charge < -0.3 is 0 Å². The number of non-ortho nitro benzene ring substituents is 1. The Kier molecular flexibility index (Phi) is 5.99. The summed E-state index contributed by atoms with van der Waals surface area (Å²) in [4.78, 5) is 12.0. The molecule has 1 aliphatic heterocycles. The Bertz CT molecular complexity index is 763. The van der Waals surface area contributed by atoms with Crippen LogP contribution in [0.4, 0.5) is 5.69 Å². The van der Waals surface area contributed by atoms with Gasteiger partial charge in [0.25, 0.3) is 5.69 Å². The summed E-state index contributed by atoms with van der Waals surface area (Å²) in [6, 6.07) is 15.6. The maximum atomic E-state index is 11.0. The van der Waals surface area contributed by atoms with Gasteiger partial charge in [0.15, 0.2) is 0 Å². The van der Waals surface area contributed by atoms with E-state index >= 15 is 0 Å². The zero-order chi connectivity index (χ0) is 18.6. The third-order valence-corrected chi connectivity index (χ3v) is 6.69. The number of hydrogen-bond acceptors (Lipinski definition) is 4. The van der Waals surface area contributed by atoms with E-state index in [2.05, 4.69) is 43.4 Å². The van der Waals surface area contributed by atoms with Crippen LogP contribution in [0, 0.1) is 10.1 Å². The van der Waals surface area contributed by atoms with E-state index < -0.39 is 0 Å². The molecular formula is C21H26N2O2S. The molecule has 0 spiro atoms. The summed E-state index contributed by atoms with van der Waals surface area (Å²) < 4.78 is 0. The topological polar surface area (TPSA) is 55.2 Å². The van der Waals surface area contributed by atoms with E-state index in [0.29, 0.717) is 0 Å². The molecule has 0 aromatic heterocycles. The fourth-order valence-electron chi connectivity index (χ4n) is 3.58. The van der Waals surface area contributed by atoms with Crippen molar-refractivity contribution in [3.05, 3.63) is 69.8 Å². The second kappa shape index (κ2) is 8.23. The normalized spacial score (nSPS) is 22.5. The maximum absolute atomic E-state index is 11.0. The first-order valence-electron chi connectivity index (χ1n) is 9.32. The maximum Gasteiger partial charge on any atom is 0.269 e. The van der Waals surface area contributed by atoms with E-state index in [4.69, 9.17) is 0 Å². The highest BCUT2D eigenvalue weighted by Crippen LogP contribution is 2.40. The standard InChI is InChI=1S/C21H26N2O2S/c1-3-5-14-21(4-2)15-26-19-9-7-6-8-18(19)20(22-21)16-10-12-17(13-11-16)23(24)25/h6-13,20,22H,3-5,14-15H2,1-2H3. The Balaban J connectivity index is 2.01. The lowest BCUT2D eigenvalue weighted by Crippen LogP contribution is -2.48. The van der Waals surface area contributed by atoms with Crippen LogP contribution in [-0.2, 0) is 0 Å². The van der Waals surface area contributed by atoms with Gasteiger partial charge in [0.05, 0.1) is 11.0 Å². The van der Waals surface area contributed by atoms with Gasteiger partial charge in [-0.3, -0.25) is 15.4 Å². The first-order valence-corrected chi connectivity index (χ1v) is 10.3. The van der Waals surface area contributed by atoms with E-state index in [9.17, 15) is 10.1 Å². The molecule has 26 heavy (non-hydrogen) atoms. The van der Waals surface area contributed by atoms with Gasteiger partial charge in [-0.05, 0) is 30.0 Å². The fraction of sp³-hybridized carbons (Fsp3) is 0.429. The van der Waals surface area contributed by atoms with Crippen LogP contribution in [0.1, 0.15) is 56.7 Å². The van der Waals surface area contributed by atoms with Crippen LogP contribution in [-0.4, -0.2) is 16.2 Å². The smallest absolute Gasteiger partial charge is 0.269 e. The predicted molar refractivity (Wildman–Crippen MR) is 108 cm³/mol. The molecule has 0 saturated heterocycles. The van der Waals surface area contributed by atoms with Crippen LogP contribution < -0.4 is 5.32 Å². The summed E-state index contributed by atoms with van der Waals surface area (Å²) in [5, 5.41) is 14.9. The number of hydrogen-bond donors (Lipinski definition) is 1. The van der Waals surface area contributed by atoms with E-state index in [1.165, 1.54) is 23.3 Å². The van der Waals surface area contributed by atoms with Crippen molar-refractivity contribution in [1.29, 1.82) is 0 Å². The molecule has 1 aliphatic rings. The Morgan fingerprint density at radius 3 is 2.58 bits per heavy atom. The third kappa shape index (κ3) is 3.94. The molecule has 4 nitrogen and oxygen atoms in total. The molecule has 0 amide bonds. The lowest BCUT2D eigenvalue weighted by atomic mass is 9.88. The fourth-order valence-corrected chi connectivity index (χ4v) is 4.97. The van der Waals surface area contributed by atoms with E-state index in [0.717, 1.165) is 24.2 Å². The third-order valence-electron chi connectivity index (χ3n) is 5.31. The second-order valence-electron chi connectivity index (χ2n) is 6.99. The van der Waals surface area contributed by atoms with Gasteiger partial charge in [-0.25, -0.2) is 0 Å². The first-order chi connectivity index (χ1) is 12.6. The van der Waals surface area contributed by atoms with E-state index in [-0.39, 0.29) is 22.2 Å². The molecule has 1 N–H and O–H groups in total. The van der Waals surface area contributed by atoms with Crippen LogP contribution in [0.2, 0.25) is 0 Å². The number of thioether (sulfide) groups is 1. The van der Waals surface area contributed by atoms with Crippen molar-refractivity contribution < 1.29 is 4.92 Å². The van der Waals surface area contributed by atoms with Crippen molar-refractivity contribution in [3.8, 4) is 0 Å². The largest absolute Gasteiger partial charge is 0.300 e. The first kappa shape index (κ1) is 18.9. The number of nitrogens with zero attached hydrogens (tertiary/aromatic N) is 1. The van der Waals surface area contributed by atoms with Gasteiger partial charge in [0.2, 0.25) is 0 Å². The van der Waals surface area contributed by atoms with Gasteiger partial charge in [0, 0.05) is 28.3 Å². The highest BCUT2D eigenvalue weighted by Gasteiger charge is 2.35. The predicted octanol–water partition coefficient (Wildman–Crippen LogP) is 5.72. The van der Waals surface area contributed by atoms with Crippen molar-refractivity contribution in [2.24, 2.45) is 0 Å². The average Bonchev–Trinajstić information content (AvgIpc) is 2.84. The molecule has 0 bridgehead atoms. The Morgan fingerprint density at radius 2 is 1.92 bits per heavy atom.